The maximum absolute atomic E-state index is 12.2. The van der Waals surface area contributed by atoms with E-state index in [0.29, 0.717) is 5.56 Å². The Morgan fingerprint density at radius 2 is 1.95 bits per heavy atom. The van der Waals surface area contributed by atoms with Crippen molar-refractivity contribution in [2.24, 2.45) is 0 Å². The predicted octanol–water partition coefficient (Wildman–Crippen LogP) is 2.77. The first kappa shape index (κ1) is 15.8. The Morgan fingerprint density at radius 1 is 1.37 bits per heavy atom. The van der Waals surface area contributed by atoms with Gasteiger partial charge in [0.05, 0.1) is 13.7 Å². The Bertz CT molecular complexity index is 420. The van der Waals surface area contributed by atoms with E-state index in [1.54, 1.807) is 24.3 Å². The first-order valence-corrected chi connectivity index (χ1v) is 6.62. The molecule has 0 bridgehead atoms. The summed E-state index contributed by atoms with van der Waals surface area (Å²) in [5.74, 6) is -0.749. The van der Waals surface area contributed by atoms with Gasteiger partial charge in [-0.05, 0) is 24.0 Å². The second-order valence-corrected chi connectivity index (χ2v) is 4.61. The smallest absolute Gasteiger partial charge is 0.401 e. The minimum absolute atomic E-state index is 0.439. The molecule has 3 nitrogen and oxygen atoms in total. The monoisotopic (exact) mass is 293 g/mol. The van der Waals surface area contributed by atoms with E-state index < -0.39 is 24.7 Å². The summed E-state index contributed by atoms with van der Waals surface area (Å²) >= 11 is 1.50. The lowest BCUT2D eigenvalue weighted by atomic mass is 10.1. The molecule has 1 aromatic carbocycles. The minimum atomic E-state index is -4.38. The number of thioether (sulfide) groups is 1. The zero-order valence-electron chi connectivity index (χ0n) is 10.5. The van der Waals surface area contributed by atoms with Gasteiger partial charge in [-0.15, -0.1) is 11.8 Å². The molecule has 1 atom stereocenters. The van der Waals surface area contributed by atoms with Crippen LogP contribution in [0, 0.1) is 0 Å². The number of methoxy groups -OCH3 is 1. The normalized spacial score (nSPS) is 13.1. The maximum Gasteiger partial charge on any atom is 0.401 e. The molecule has 0 aliphatic rings. The third-order valence-electron chi connectivity index (χ3n) is 2.39. The fraction of sp³-hybridized carbons (Fsp3) is 0.417. The fourth-order valence-corrected chi connectivity index (χ4v) is 1.88. The van der Waals surface area contributed by atoms with Gasteiger partial charge in [-0.1, -0.05) is 12.1 Å². The summed E-state index contributed by atoms with van der Waals surface area (Å²) in [6.45, 7) is -1.25. The SMILES string of the molecule is COC(=O)C(NCC(F)(F)F)c1ccc(SC)cc1. The molecule has 1 N–H and O–H groups in total. The van der Waals surface area contributed by atoms with E-state index in [2.05, 4.69) is 10.1 Å². The number of nitrogens with one attached hydrogen (secondary N) is 1. The summed E-state index contributed by atoms with van der Waals surface area (Å²) in [6, 6.07) is 5.58. The van der Waals surface area contributed by atoms with Crippen molar-refractivity contribution in [3.63, 3.8) is 0 Å². The van der Waals surface area contributed by atoms with E-state index in [-0.39, 0.29) is 0 Å². The van der Waals surface area contributed by atoms with E-state index in [9.17, 15) is 18.0 Å². The Kier molecular flexibility index (Phi) is 5.68. The van der Waals surface area contributed by atoms with Crippen molar-refractivity contribution in [1.29, 1.82) is 0 Å². The van der Waals surface area contributed by atoms with Crippen LogP contribution in [-0.4, -0.2) is 32.1 Å². The number of carbonyl (C=O) groups is 1. The van der Waals surface area contributed by atoms with Gasteiger partial charge in [0.25, 0.3) is 0 Å². The van der Waals surface area contributed by atoms with Gasteiger partial charge in [-0.25, -0.2) is 4.79 Å². The number of carbonyl (C=O) groups excluding carboxylic acids is 1. The lowest BCUT2D eigenvalue weighted by Crippen LogP contribution is -2.36. The highest BCUT2D eigenvalue weighted by atomic mass is 32.2. The van der Waals surface area contributed by atoms with Gasteiger partial charge < -0.3 is 4.74 Å². The third kappa shape index (κ3) is 5.12. The molecule has 7 heteroatoms. The molecular weight excluding hydrogens is 279 g/mol. The van der Waals surface area contributed by atoms with Crippen molar-refractivity contribution in [3.05, 3.63) is 29.8 Å². The summed E-state index contributed by atoms with van der Waals surface area (Å²) in [7, 11) is 1.14. The van der Waals surface area contributed by atoms with Crippen molar-refractivity contribution >= 4 is 17.7 Å². The molecule has 1 rings (SSSR count). The van der Waals surface area contributed by atoms with Crippen LogP contribution in [-0.2, 0) is 9.53 Å². The molecule has 0 saturated carbocycles. The minimum Gasteiger partial charge on any atom is -0.468 e. The van der Waals surface area contributed by atoms with Gasteiger partial charge in [0.1, 0.15) is 6.04 Å². The highest BCUT2D eigenvalue weighted by molar-refractivity contribution is 7.98. The zero-order valence-corrected chi connectivity index (χ0v) is 11.3. The highest BCUT2D eigenvalue weighted by Crippen LogP contribution is 2.21. The van der Waals surface area contributed by atoms with Crippen molar-refractivity contribution in [1.82, 2.24) is 5.32 Å². The van der Waals surface area contributed by atoms with Gasteiger partial charge in [-0.2, -0.15) is 13.2 Å². The molecule has 0 aliphatic heterocycles. The Balaban J connectivity index is 2.86. The van der Waals surface area contributed by atoms with Crippen LogP contribution < -0.4 is 5.32 Å². The van der Waals surface area contributed by atoms with Gasteiger partial charge in [0.2, 0.25) is 0 Å². The molecule has 1 unspecified atom stereocenters. The summed E-state index contributed by atoms with van der Waals surface area (Å²) in [5.41, 5.74) is 0.439. The largest absolute Gasteiger partial charge is 0.468 e. The molecular formula is C12H14F3NO2S. The Morgan fingerprint density at radius 3 is 2.37 bits per heavy atom. The molecule has 0 amide bonds. The topological polar surface area (TPSA) is 38.3 Å². The van der Waals surface area contributed by atoms with Gasteiger partial charge >= 0.3 is 12.1 Å². The van der Waals surface area contributed by atoms with Gasteiger partial charge in [-0.3, -0.25) is 5.32 Å². The zero-order chi connectivity index (χ0) is 14.5. The van der Waals surface area contributed by atoms with Crippen LogP contribution in [0.2, 0.25) is 0 Å². The summed E-state index contributed by atoms with van der Waals surface area (Å²) in [5, 5.41) is 2.16. The number of hydrogen-bond donors (Lipinski definition) is 1. The molecule has 0 spiro atoms. The molecule has 0 aromatic heterocycles. The molecule has 1 aromatic rings. The molecule has 0 fully saturated rings. The molecule has 0 aliphatic carbocycles. The second-order valence-electron chi connectivity index (χ2n) is 3.73. The van der Waals surface area contributed by atoms with Gasteiger partial charge in [0.15, 0.2) is 0 Å². The van der Waals surface area contributed by atoms with Crippen molar-refractivity contribution in [2.75, 3.05) is 19.9 Å². The Hall–Kier alpha value is -1.21. The summed E-state index contributed by atoms with van der Waals surface area (Å²) < 4.78 is 41.1. The van der Waals surface area contributed by atoms with Crippen molar-refractivity contribution in [3.8, 4) is 0 Å². The first-order chi connectivity index (χ1) is 8.87. The standard InChI is InChI=1S/C12H14F3NO2S/c1-18-11(17)10(16-7-12(13,14)15)8-3-5-9(19-2)6-4-8/h3-6,10,16H,7H2,1-2H3. The van der Waals surface area contributed by atoms with E-state index in [1.165, 1.54) is 11.8 Å². The average Bonchev–Trinajstić information content (AvgIpc) is 2.38. The number of ether oxygens (including phenoxy) is 1. The van der Waals surface area contributed by atoms with Crippen LogP contribution in [0.1, 0.15) is 11.6 Å². The molecule has 0 heterocycles. The van der Waals surface area contributed by atoms with E-state index >= 15 is 0 Å². The second kappa shape index (κ2) is 6.81. The first-order valence-electron chi connectivity index (χ1n) is 5.39. The van der Waals surface area contributed by atoms with Crippen molar-refractivity contribution in [2.45, 2.75) is 17.1 Å². The molecule has 106 valence electrons. The molecule has 19 heavy (non-hydrogen) atoms. The third-order valence-corrected chi connectivity index (χ3v) is 3.14. The summed E-state index contributed by atoms with van der Waals surface area (Å²) in [4.78, 5) is 12.5. The number of esters is 1. The van der Waals surface area contributed by atoms with Crippen LogP contribution in [0.4, 0.5) is 13.2 Å². The molecule has 0 radical (unpaired) electrons. The van der Waals surface area contributed by atoms with Gasteiger partial charge in [0, 0.05) is 4.90 Å². The lowest BCUT2D eigenvalue weighted by Gasteiger charge is -2.18. The fourth-order valence-electron chi connectivity index (χ4n) is 1.47. The number of rotatable bonds is 5. The predicted molar refractivity (Wildman–Crippen MR) is 67.0 cm³/mol. The quantitative estimate of drug-likeness (QED) is 0.669. The number of alkyl halides is 3. The molecule has 0 saturated heterocycles. The van der Waals surface area contributed by atoms with Crippen LogP contribution >= 0.6 is 11.8 Å². The highest BCUT2D eigenvalue weighted by Gasteiger charge is 2.31. The van der Waals surface area contributed by atoms with Crippen LogP contribution in [0.25, 0.3) is 0 Å². The van der Waals surface area contributed by atoms with Crippen LogP contribution in [0.3, 0.4) is 0 Å². The number of benzene rings is 1. The number of hydrogen-bond acceptors (Lipinski definition) is 4. The van der Waals surface area contributed by atoms with E-state index in [0.717, 1.165) is 12.0 Å². The van der Waals surface area contributed by atoms with E-state index in [4.69, 9.17) is 0 Å². The average molecular weight is 293 g/mol. The van der Waals surface area contributed by atoms with E-state index in [1.807, 2.05) is 6.26 Å². The summed E-state index contributed by atoms with van der Waals surface area (Å²) in [6.07, 6.45) is -2.50. The Labute approximate surface area is 113 Å². The van der Waals surface area contributed by atoms with Crippen LogP contribution in [0.5, 0.6) is 0 Å². The maximum atomic E-state index is 12.2. The van der Waals surface area contributed by atoms with Crippen molar-refractivity contribution < 1.29 is 22.7 Å². The van der Waals surface area contributed by atoms with Crippen LogP contribution in [0.15, 0.2) is 29.2 Å². The lowest BCUT2D eigenvalue weighted by molar-refractivity contribution is -0.146. The number of halogens is 3.